The fourth-order valence-corrected chi connectivity index (χ4v) is 2.30. The van der Waals surface area contributed by atoms with Crippen LogP contribution in [0.3, 0.4) is 0 Å². The van der Waals surface area contributed by atoms with Gasteiger partial charge < -0.3 is 10.5 Å². The SMILES string of the molecule is CCC(N)(CC)CNS(=O)(=O)C(C)COC.Cl. The van der Waals surface area contributed by atoms with E-state index in [0.29, 0.717) is 0 Å². The second kappa shape index (κ2) is 8.26. The predicted molar refractivity (Wildman–Crippen MR) is 73.0 cm³/mol. The van der Waals surface area contributed by atoms with Crippen LogP contribution in [0.15, 0.2) is 0 Å². The topological polar surface area (TPSA) is 81.4 Å². The number of nitrogens with two attached hydrogens (primary N) is 1. The number of nitrogens with one attached hydrogen (secondary N) is 1. The van der Waals surface area contributed by atoms with Gasteiger partial charge in [-0.25, -0.2) is 13.1 Å². The average Bonchev–Trinajstić information content (AvgIpc) is 2.26. The van der Waals surface area contributed by atoms with Crippen molar-refractivity contribution in [3.8, 4) is 0 Å². The first-order chi connectivity index (χ1) is 7.31. The number of hydrogen-bond donors (Lipinski definition) is 2. The zero-order valence-electron chi connectivity index (χ0n) is 11.0. The van der Waals surface area contributed by atoms with E-state index in [0.717, 1.165) is 12.8 Å². The quantitative estimate of drug-likeness (QED) is 0.695. The van der Waals surface area contributed by atoms with Crippen LogP contribution in [0.4, 0.5) is 0 Å². The lowest BCUT2D eigenvalue weighted by Crippen LogP contribution is -2.50. The molecule has 0 heterocycles. The van der Waals surface area contributed by atoms with Crippen molar-refractivity contribution in [3.05, 3.63) is 0 Å². The minimum atomic E-state index is -3.33. The maximum absolute atomic E-state index is 11.8. The van der Waals surface area contributed by atoms with Gasteiger partial charge in [0.2, 0.25) is 10.0 Å². The lowest BCUT2D eigenvalue weighted by atomic mass is 9.95. The molecular formula is C10H25ClN2O3S. The zero-order valence-corrected chi connectivity index (χ0v) is 12.7. The first kappa shape index (κ1) is 19.5. The molecule has 0 amide bonds. The number of halogens is 1. The first-order valence-corrected chi connectivity index (χ1v) is 7.12. The Morgan fingerprint density at radius 3 is 2.18 bits per heavy atom. The van der Waals surface area contributed by atoms with Crippen molar-refractivity contribution in [3.63, 3.8) is 0 Å². The molecule has 3 N–H and O–H groups in total. The van der Waals surface area contributed by atoms with Gasteiger partial charge in [0.15, 0.2) is 0 Å². The molecule has 0 aliphatic rings. The van der Waals surface area contributed by atoms with Gasteiger partial charge in [-0.05, 0) is 19.8 Å². The number of rotatable bonds is 8. The van der Waals surface area contributed by atoms with Crippen LogP contribution in [0.25, 0.3) is 0 Å². The van der Waals surface area contributed by atoms with E-state index in [-0.39, 0.29) is 25.6 Å². The normalized spacial score (nSPS) is 14.2. The molecular weight excluding hydrogens is 264 g/mol. The summed E-state index contributed by atoms with van der Waals surface area (Å²) in [5.41, 5.74) is 5.56. The van der Waals surface area contributed by atoms with Crippen LogP contribution >= 0.6 is 12.4 Å². The molecule has 0 aliphatic heterocycles. The third-order valence-corrected chi connectivity index (χ3v) is 4.71. The molecule has 0 bridgehead atoms. The van der Waals surface area contributed by atoms with Crippen LogP contribution in [0.2, 0.25) is 0 Å². The number of ether oxygens (including phenoxy) is 1. The molecule has 0 radical (unpaired) electrons. The molecule has 0 aromatic rings. The van der Waals surface area contributed by atoms with Crippen molar-refractivity contribution in [1.29, 1.82) is 0 Å². The smallest absolute Gasteiger partial charge is 0.216 e. The Morgan fingerprint density at radius 2 is 1.82 bits per heavy atom. The molecule has 1 atom stereocenters. The van der Waals surface area contributed by atoms with Crippen LogP contribution in [0, 0.1) is 0 Å². The fraction of sp³-hybridized carbons (Fsp3) is 1.00. The molecule has 17 heavy (non-hydrogen) atoms. The van der Waals surface area contributed by atoms with Gasteiger partial charge in [-0.3, -0.25) is 0 Å². The number of sulfonamides is 1. The highest BCUT2D eigenvalue weighted by Gasteiger charge is 2.26. The van der Waals surface area contributed by atoms with Gasteiger partial charge in [0.1, 0.15) is 0 Å². The van der Waals surface area contributed by atoms with Gasteiger partial charge in [-0.1, -0.05) is 13.8 Å². The lowest BCUT2D eigenvalue weighted by molar-refractivity contribution is 0.200. The van der Waals surface area contributed by atoms with Gasteiger partial charge in [0, 0.05) is 19.2 Å². The van der Waals surface area contributed by atoms with E-state index in [1.807, 2.05) is 13.8 Å². The first-order valence-electron chi connectivity index (χ1n) is 5.57. The van der Waals surface area contributed by atoms with E-state index in [1.54, 1.807) is 6.92 Å². The van der Waals surface area contributed by atoms with Gasteiger partial charge in [-0.2, -0.15) is 0 Å². The summed E-state index contributed by atoms with van der Waals surface area (Å²) in [4.78, 5) is 0. The Hall–Kier alpha value is 0.120. The maximum Gasteiger partial charge on any atom is 0.216 e. The van der Waals surface area contributed by atoms with Crippen LogP contribution in [-0.4, -0.2) is 39.5 Å². The van der Waals surface area contributed by atoms with E-state index in [1.165, 1.54) is 7.11 Å². The summed E-state index contributed by atoms with van der Waals surface area (Å²) in [5.74, 6) is 0. The summed E-state index contributed by atoms with van der Waals surface area (Å²) in [6.45, 7) is 5.98. The monoisotopic (exact) mass is 288 g/mol. The Labute approximate surface area is 111 Å². The molecule has 7 heteroatoms. The summed E-state index contributed by atoms with van der Waals surface area (Å²) >= 11 is 0. The summed E-state index contributed by atoms with van der Waals surface area (Å²) < 4.78 is 30.9. The molecule has 0 saturated heterocycles. The van der Waals surface area contributed by atoms with Crippen LogP contribution < -0.4 is 10.5 Å². The summed E-state index contributed by atoms with van der Waals surface area (Å²) in [7, 11) is -1.85. The van der Waals surface area contributed by atoms with Gasteiger partial charge in [0.05, 0.1) is 11.9 Å². The second-order valence-electron chi connectivity index (χ2n) is 4.20. The lowest BCUT2D eigenvalue weighted by Gasteiger charge is -2.27. The van der Waals surface area contributed by atoms with Gasteiger partial charge in [0.25, 0.3) is 0 Å². The van der Waals surface area contributed by atoms with E-state index in [9.17, 15) is 8.42 Å². The third kappa shape index (κ3) is 6.57. The van der Waals surface area contributed by atoms with Crippen molar-refractivity contribution in [1.82, 2.24) is 4.72 Å². The predicted octanol–water partition coefficient (Wildman–Crippen LogP) is 0.880. The largest absolute Gasteiger partial charge is 0.383 e. The van der Waals surface area contributed by atoms with E-state index < -0.39 is 20.8 Å². The van der Waals surface area contributed by atoms with Crippen LogP contribution in [0.5, 0.6) is 0 Å². The summed E-state index contributed by atoms with van der Waals surface area (Å²) in [5, 5.41) is -0.560. The molecule has 0 saturated carbocycles. The highest BCUT2D eigenvalue weighted by molar-refractivity contribution is 7.90. The van der Waals surface area contributed by atoms with Crippen LogP contribution in [-0.2, 0) is 14.8 Å². The van der Waals surface area contributed by atoms with Crippen molar-refractivity contribution in [2.24, 2.45) is 5.73 Å². The zero-order chi connectivity index (χ0) is 12.8. The van der Waals surface area contributed by atoms with Crippen molar-refractivity contribution >= 4 is 22.4 Å². The second-order valence-corrected chi connectivity index (χ2v) is 6.38. The minimum Gasteiger partial charge on any atom is -0.383 e. The molecule has 5 nitrogen and oxygen atoms in total. The summed E-state index contributed by atoms with van der Waals surface area (Å²) in [6.07, 6.45) is 1.48. The Bertz CT molecular complexity index is 292. The molecule has 1 unspecified atom stereocenters. The van der Waals surface area contributed by atoms with E-state index >= 15 is 0 Å². The molecule has 0 aromatic heterocycles. The van der Waals surface area contributed by atoms with Crippen LogP contribution in [0.1, 0.15) is 33.6 Å². The Kier molecular flexibility index (Phi) is 9.46. The third-order valence-electron chi connectivity index (χ3n) is 2.96. The number of hydrogen-bond acceptors (Lipinski definition) is 4. The highest BCUT2D eigenvalue weighted by Crippen LogP contribution is 2.10. The van der Waals surface area contributed by atoms with Crippen molar-refractivity contribution in [2.45, 2.75) is 44.4 Å². The molecule has 0 spiro atoms. The molecule has 0 aromatic carbocycles. The Balaban J connectivity index is 0. The fourth-order valence-electron chi connectivity index (χ4n) is 1.21. The van der Waals surface area contributed by atoms with Gasteiger partial charge in [-0.15, -0.1) is 12.4 Å². The Morgan fingerprint density at radius 1 is 1.35 bits per heavy atom. The highest BCUT2D eigenvalue weighted by atomic mass is 35.5. The summed E-state index contributed by atoms with van der Waals surface area (Å²) in [6, 6.07) is 0. The minimum absolute atomic E-state index is 0. The van der Waals surface area contributed by atoms with E-state index in [2.05, 4.69) is 4.72 Å². The molecule has 0 rings (SSSR count). The van der Waals surface area contributed by atoms with Gasteiger partial charge >= 0.3 is 0 Å². The molecule has 0 fully saturated rings. The average molecular weight is 289 g/mol. The standard InChI is InChI=1S/C10H24N2O3S.ClH/c1-5-10(11,6-2)8-12-16(13,14)9(3)7-15-4;/h9,12H,5-8,11H2,1-4H3;1H. The maximum atomic E-state index is 11.8. The van der Waals surface area contributed by atoms with E-state index in [4.69, 9.17) is 10.5 Å². The molecule has 0 aliphatic carbocycles. The number of methoxy groups -OCH3 is 1. The van der Waals surface area contributed by atoms with Crippen molar-refractivity contribution < 1.29 is 13.2 Å². The van der Waals surface area contributed by atoms with Crippen molar-refractivity contribution in [2.75, 3.05) is 20.3 Å². The molecule has 106 valence electrons.